The van der Waals surface area contributed by atoms with Crippen molar-refractivity contribution in [1.29, 1.82) is 0 Å². The normalized spacial score (nSPS) is 17.8. The van der Waals surface area contributed by atoms with Gasteiger partial charge in [0.05, 0.1) is 0 Å². The Labute approximate surface area is 98.8 Å². The van der Waals surface area contributed by atoms with Gasteiger partial charge in [0.25, 0.3) is 0 Å². The highest BCUT2D eigenvalue weighted by Gasteiger charge is 2.41. The Balaban J connectivity index is 3.12. The van der Waals surface area contributed by atoms with E-state index in [0.717, 1.165) is 18.4 Å². The molecule has 0 radical (unpaired) electrons. The summed E-state index contributed by atoms with van der Waals surface area (Å²) >= 11 is 5.81. The Bertz CT molecular complexity index is 467. The van der Waals surface area contributed by atoms with Crippen LogP contribution in [0.5, 0.6) is 0 Å². The highest BCUT2D eigenvalue weighted by molar-refractivity contribution is 7.93. The third kappa shape index (κ3) is 2.53. The average Bonchev–Trinajstić information content (AvgIpc) is 2.16. The molecule has 0 aliphatic heterocycles. The first-order valence-electron chi connectivity index (χ1n) is 4.48. The summed E-state index contributed by atoms with van der Waals surface area (Å²) in [5, 5.41) is 9.84. The minimum absolute atomic E-state index is 0.254. The van der Waals surface area contributed by atoms with Gasteiger partial charge in [0, 0.05) is 6.26 Å². The molecule has 1 aromatic carbocycles. The number of hydrogen-bond acceptors (Lipinski definition) is 3. The number of sulfone groups is 1. The van der Waals surface area contributed by atoms with E-state index in [1.54, 1.807) is 0 Å². The molecule has 0 bridgehead atoms. The van der Waals surface area contributed by atoms with Gasteiger partial charge in [-0.3, -0.25) is 0 Å². The van der Waals surface area contributed by atoms with Crippen molar-refractivity contribution in [1.82, 2.24) is 0 Å². The first-order chi connectivity index (χ1) is 7.16. The zero-order valence-electron chi connectivity index (χ0n) is 8.81. The summed E-state index contributed by atoms with van der Waals surface area (Å²) in [6.07, 6.45) is -0.475. The Hall–Kier alpha value is -0.650. The fraction of sp³-hybridized carbons (Fsp3) is 0.400. The number of benzene rings is 1. The quantitative estimate of drug-likeness (QED) is 0.850. The van der Waals surface area contributed by atoms with Gasteiger partial charge in [-0.25, -0.2) is 12.8 Å². The molecule has 0 saturated carbocycles. The van der Waals surface area contributed by atoms with Crippen molar-refractivity contribution < 1.29 is 17.9 Å². The van der Waals surface area contributed by atoms with Crippen LogP contribution in [-0.4, -0.2) is 24.0 Å². The molecular formula is C10H12ClFO3S. The van der Waals surface area contributed by atoms with Gasteiger partial charge in [-0.15, -0.1) is 0 Å². The summed E-state index contributed by atoms with van der Waals surface area (Å²) in [6.45, 7) is 1.21. The monoisotopic (exact) mass is 266 g/mol. The lowest BCUT2D eigenvalue weighted by Gasteiger charge is -2.26. The summed E-state index contributed by atoms with van der Waals surface area (Å²) in [5.41, 5.74) is 0.254. The first-order valence-corrected chi connectivity index (χ1v) is 6.75. The molecule has 1 aromatic rings. The van der Waals surface area contributed by atoms with E-state index in [1.807, 2.05) is 0 Å². The maximum atomic E-state index is 12.6. The highest BCUT2D eigenvalue weighted by atomic mass is 35.5. The molecule has 0 saturated heterocycles. The molecule has 0 aromatic heterocycles. The van der Waals surface area contributed by atoms with Crippen molar-refractivity contribution in [3.05, 3.63) is 35.6 Å². The second-order valence-corrected chi connectivity index (χ2v) is 7.11. The molecule has 0 fully saturated rings. The number of halogens is 2. The lowest BCUT2D eigenvalue weighted by atomic mass is 10.1. The average molecular weight is 267 g/mol. The molecule has 3 nitrogen and oxygen atoms in total. The number of alkyl halides is 1. The molecule has 16 heavy (non-hydrogen) atoms. The summed E-state index contributed by atoms with van der Waals surface area (Å²) < 4.78 is 33.6. The molecule has 2 unspecified atom stereocenters. The maximum absolute atomic E-state index is 12.6. The number of rotatable bonds is 3. The summed E-state index contributed by atoms with van der Waals surface area (Å²) in [6, 6.07) is 4.86. The SMILES string of the molecule is CC(Cl)(C(O)c1ccc(F)cc1)S(C)(=O)=O. The predicted molar refractivity (Wildman–Crippen MR) is 60.5 cm³/mol. The Morgan fingerprint density at radius 2 is 1.81 bits per heavy atom. The van der Waals surface area contributed by atoms with Crippen LogP contribution in [0, 0.1) is 5.82 Å². The third-order valence-electron chi connectivity index (χ3n) is 2.40. The van der Waals surface area contributed by atoms with Gasteiger partial charge in [0.2, 0.25) is 0 Å². The second kappa shape index (κ2) is 4.31. The zero-order valence-corrected chi connectivity index (χ0v) is 10.4. The van der Waals surface area contributed by atoms with E-state index in [2.05, 4.69) is 0 Å². The van der Waals surface area contributed by atoms with Crippen LogP contribution >= 0.6 is 11.6 Å². The molecule has 0 spiro atoms. The van der Waals surface area contributed by atoms with E-state index in [-0.39, 0.29) is 5.56 Å². The molecule has 0 heterocycles. The van der Waals surface area contributed by atoms with Crippen LogP contribution in [0.2, 0.25) is 0 Å². The largest absolute Gasteiger partial charge is 0.385 e. The van der Waals surface area contributed by atoms with Gasteiger partial charge < -0.3 is 5.11 Å². The summed E-state index contributed by atoms with van der Waals surface area (Å²) in [7, 11) is -3.64. The molecule has 0 aliphatic rings. The smallest absolute Gasteiger partial charge is 0.172 e. The predicted octanol–water partition coefficient (Wildman–Crippen LogP) is 1.86. The van der Waals surface area contributed by atoms with Gasteiger partial charge in [0.1, 0.15) is 11.9 Å². The second-order valence-electron chi connectivity index (χ2n) is 3.71. The summed E-state index contributed by atoms with van der Waals surface area (Å²) in [5.74, 6) is -0.466. The number of hydrogen-bond donors (Lipinski definition) is 1. The van der Waals surface area contributed by atoms with E-state index in [9.17, 15) is 17.9 Å². The van der Waals surface area contributed by atoms with Crippen molar-refractivity contribution >= 4 is 21.4 Å². The van der Waals surface area contributed by atoms with E-state index in [0.29, 0.717) is 0 Å². The zero-order chi connectivity index (χ0) is 12.6. The van der Waals surface area contributed by atoms with Crippen molar-refractivity contribution in [2.24, 2.45) is 0 Å². The standard InChI is InChI=1S/C10H12ClFO3S/c1-10(11,16(2,14)15)9(13)7-3-5-8(12)6-4-7/h3-6,9,13H,1-2H3. The Morgan fingerprint density at radius 3 is 2.19 bits per heavy atom. The van der Waals surface area contributed by atoms with E-state index >= 15 is 0 Å². The summed E-state index contributed by atoms with van der Waals surface area (Å²) in [4.78, 5) is 0. The fourth-order valence-electron chi connectivity index (χ4n) is 1.15. The number of aliphatic hydroxyl groups excluding tert-OH is 1. The topological polar surface area (TPSA) is 54.4 Å². The van der Waals surface area contributed by atoms with E-state index < -0.39 is 26.0 Å². The molecule has 90 valence electrons. The fourth-order valence-corrected chi connectivity index (χ4v) is 1.81. The lowest BCUT2D eigenvalue weighted by molar-refractivity contribution is 0.163. The Kier molecular flexibility index (Phi) is 3.62. The van der Waals surface area contributed by atoms with Gasteiger partial charge >= 0.3 is 0 Å². The van der Waals surface area contributed by atoms with Crippen LogP contribution in [0.1, 0.15) is 18.6 Å². The minimum Gasteiger partial charge on any atom is -0.385 e. The highest BCUT2D eigenvalue weighted by Crippen LogP contribution is 2.36. The first kappa shape index (κ1) is 13.4. The molecular weight excluding hydrogens is 255 g/mol. The van der Waals surface area contributed by atoms with Crippen LogP contribution in [0.15, 0.2) is 24.3 Å². The van der Waals surface area contributed by atoms with E-state index in [4.69, 9.17) is 11.6 Å². The van der Waals surface area contributed by atoms with Gasteiger partial charge in [0.15, 0.2) is 14.0 Å². The lowest BCUT2D eigenvalue weighted by Crippen LogP contribution is -2.35. The van der Waals surface area contributed by atoms with Crippen LogP contribution in [0.3, 0.4) is 0 Å². The van der Waals surface area contributed by atoms with Crippen LogP contribution in [0.25, 0.3) is 0 Å². The Morgan fingerprint density at radius 1 is 1.38 bits per heavy atom. The minimum atomic E-state index is -3.64. The molecule has 0 aliphatic carbocycles. The molecule has 0 amide bonds. The van der Waals surface area contributed by atoms with Gasteiger partial charge in [-0.05, 0) is 24.6 Å². The molecule has 1 N–H and O–H groups in total. The molecule has 1 rings (SSSR count). The maximum Gasteiger partial charge on any atom is 0.172 e. The van der Waals surface area contributed by atoms with E-state index in [1.165, 1.54) is 19.1 Å². The van der Waals surface area contributed by atoms with Crippen molar-refractivity contribution in [2.75, 3.05) is 6.26 Å². The van der Waals surface area contributed by atoms with Crippen molar-refractivity contribution in [3.63, 3.8) is 0 Å². The molecule has 2 atom stereocenters. The van der Waals surface area contributed by atoms with Gasteiger partial charge in [-0.1, -0.05) is 23.7 Å². The number of aliphatic hydroxyl groups is 1. The van der Waals surface area contributed by atoms with Crippen LogP contribution in [-0.2, 0) is 9.84 Å². The van der Waals surface area contributed by atoms with Crippen molar-refractivity contribution in [3.8, 4) is 0 Å². The van der Waals surface area contributed by atoms with Crippen LogP contribution in [0.4, 0.5) is 4.39 Å². The van der Waals surface area contributed by atoms with Crippen molar-refractivity contribution in [2.45, 2.75) is 17.2 Å². The molecule has 6 heteroatoms. The van der Waals surface area contributed by atoms with Crippen LogP contribution < -0.4 is 0 Å². The van der Waals surface area contributed by atoms with Gasteiger partial charge in [-0.2, -0.15) is 0 Å². The third-order valence-corrected chi connectivity index (χ3v) is 5.12.